The fourth-order valence-electron chi connectivity index (χ4n) is 3.51. The van der Waals surface area contributed by atoms with Crippen molar-refractivity contribution >= 4 is 28.9 Å². The van der Waals surface area contributed by atoms with E-state index in [1.807, 2.05) is 23.1 Å². The molecule has 0 aromatic heterocycles. The molecule has 1 N–H and O–H groups in total. The maximum absolute atomic E-state index is 12.2. The number of hydrogen-bond acceptors (Lipinski definition) is 5. The number of ether oxygens (including phenoxy) is 1. The molecule has 1 amide bonds. The number of carbonyl (C=O) groups excluding carboxylic acids is 1. The van der Waals surface area contributed by atoms with Crippen LogP contribution in [0, 0.1) is 10.1 Å². The fraction of sp³-hybridized carbons (Fsp3) is 0.381. The van der Waals surface area contributed by atoms with Gasteiger partial charge in [-0.25, -0.2) is 0 Å². The SMILES string of the molecule is O=C(NC1CC1)c1ccc(N2CCC(Oc3ccccc3Cl)CC2)c([N+](=O)[O-])c1. The molecule has 1 aliphatic carbocycles. The van der Waals surface area contributed by atoms with Crippen LogP contribution < -0.4 is 15.0 Å². The smallest absolute Gasteiger partial charge is 0.293 e. The van der Waals surface area contributed by atoms with Gasteiger partial charge in [0.05, 0.1) is 9.95 Å². The molecule has 2 aliphatic rings. The monoisotopic (exact) mass is 415 g/mol. The molecule has 1 heterocycles. The Morgan fingerprint density at radius 2 is 1.86 bits per heavy atom. The molecule has 1 aliphatic heterocycles. The molecule has 0 atom stereocenters. The summed E-state index contributed by atoms with van der Waals surface area (Å²) in [5.41, 5.74) is 0.817. The van der Waals surface area contributed by atoms with Crippen molar-refractivity contribution in [2.45, 2.75) is 37.8 Å². The van der Waals surface area contributed by atoms with Crippen LogP contribution in [0.25, 0.3) is 0 Å². The van der Waals surface area contributed by atoms with Gasteiger partial charge >= 0.3 is 0 Å². The number of halogens is 1. The van der Waals surface area contributed by atoms with E-state index in [1.165, 1.54) is 6.07 Å². The number of piperidine rings is 1. The van der Waals surface area contributed by atoms with Crippen molar-refractivity contribution in [1.29, 1.82) is 0 Å². The third kappa shape index (κ3) is 4.62. The minimum absolute atomic E-state index is 0.00815. The van der Waals surface area contributed by atoms with Crippen LogP contribution in [0.5, 0.6) is 5.75 Å². The maximum atomic E-state index is 12.2. The predicted octanol–water partition coefficient (Wildman–Crippen LogP) is 4.19. The van der Waals surface area contributed by atoms with Crippen LogP contribution in [0.15, 0.2) is 42.5 Å². The van der Waals surface area contributed by atoms with E-state index in [1.54, 1.807) is 18.2 Å². The van der Waals surface area contributed by atoms with E-state index < -0.39 is 4.92 Å². The third-order valence-corrected chi connectivity index (χ3v) is 5.57. The molecule has 2 aromatic rings. The number of para-hydroxylation sites is 1. The number of hydrogen-bond donors (Lipinski definition) is 1. The maximum Gasteiger partial charge on any atom is 0.293 e. The van der Waals surface area contributed by atoms with Crippen molar-refractivity contribution in [2.24, 2.45) is 0 Å². The van der Waals surface area contributed by atoms with E-state index >= 15 is 0 Å². The van der Waals surface area contributed by atoms with Gasteiger partial charge in [-0.05, 0) is 37.1 Å². The molecule has 8 heteroatoms. The highest BCUT2D eigenvalue weighted by Crippen LogP contribution is 2.33. The average molecular weight is 416 g/mol. The molecule has 0 bridgehead atoms. The largest absolute Gasteiger partial charge is 0.489 e. The van der Waals surface area contributed by atoms with Crippen LogP contribution in [-0.2, 0) is 0 Å². The van der Waals surface area contributed by atoms with Gasteiger partial charge in [-0.3, -0.25) is 14.9 Å². The zero-order valence-electron chi connectivity index (χ0n) is 15.8. The van der Waals surface area contributed by atoms with Crippen molar-refractivity contribution in [3.8, 4) is 5.75 Å². The van der Waals surface area contributed by atoms with Gasteiger partial charge in [0.15, 0.2) is 0 Å². The summed E-state index contributed by atoms with van der Waals surface area (Å²) < 4.78 is 6.00. The first-order valence-electron chi connectivity index (χ1n) is 9.76. The summed E-state index contributed by atoms with van der Waals surface area (Å²) in [7, 11) is 0. The summed E-state index contributed by atoms with van der Waals surface area (Å²) in [6.07, 6.45) is 3.40. The molecule has 152 valence electrons. The molecule has 0 unspecified atom stereocenters. The molecule has 4 rings (SSSR count). The van der Waals surface area contributed by atoms with Gasteiger partial charge < -0.3 is 15.0 Å². The lowest BCUT2D eigenvalue weighted by Gasteiger charge is -2.33. The van der Waals surface area contributed by atoms with Crippen molar-refractivity contribution < 1.29 is 14.5 Å². The number of benzene rings is 2. The van der Waals surface area contributed by atoms with Crippen LogP contribution in [0.1, 0.15) is 36.0 Å². The number of nitro groups is 1. The van der Waals surface area contributed by atoms with Crippen molar-refractivity contribution in [1.82, 2.24) is 5.32 Å². The Hall–Kier alpha value is -2.80. The molecule has 0 radical (unpaired) electrons. The van der Waals surface area contributed by atoms with E-state index in [2.05, 4.69) is 5.32 Å². The number of nitrogens with one attached hydrogen (secondary N) is 1. The quantitative estimate of drug-likeness (QED) is 0.564. The van der Waals surface area contributed by atoms with Crippen LogP contribution in [-0.4, -0.2) is 36.1 Å². The van der Waals surface area contributed by atoms with Gasteiger partial charge in [-0.1, -0.05) is 23.7 Å². The highest BCUT2D eigenvalue weighted by atomic mass is 35.5. The number of nitrogens with zero attached hydrogens (tertiary/aromatic N) is 2. The second-order valence-corrected chi connectivity index (χ2v) is 7.85. The van der Waals surface area contributed by atoms with Crippen LogP contribution in [0.4, 0.5) is 11.4 Å². The Labute approximate surface area is 173 Å². The topological polar surface area (TPSA) is 84.7 Å². The Balaban J connectivity index is 1.43. The highest BCUT2D eigenvalue weighted by Gasteiger charge is 2.28. The first kappa shape index (κ1) is 19.5. The molecule has 29 heavy (non-hydrogen) atoms. The number of anilines is 1. The number of nitro benzene ring substituents is 1. The van der Waals surface area contributed by atoms with Crippen LogP contribution >= 0.6 is 11.6 Å². The summed E-state index contributed by atoms with van der Waals surface area (Å²) in [4.78, 5) is 25.4. The standard InChI is InChI=1S/C21H22ClN3O4/c22-17-3-1-2-4-20(17)29-16-9-11-24(12-10-16)18-8-5-14(13-19(18)25(27)28)21(26)23-15-6-7-15/h1-5,8,13,15-16H,6-7,9-12H2,(H,23,26). The predicted molar refractivity (Wildman–Crippen MR) is 111 cm³/mol. The Morgan fingerprint density at radius 1 is 1.14 bits per heavy atom. The highest BCUT2D eigenvalue weighted by molar-refractivity contribution is 6.32. The minimum atomic E-state index is -0.421. The van der Waals surface area contributed by atoms with Gasteiger partial charge in [-0.15, -0.1) is 0 Å². The van der Waals surface area contributed by atoms with E-state index in [-0.39, 0.29) is 23.7 Å². The van der Waals surface area contributed by atoms with E-state index in [0.29, 0.717) is 35.1 Å². The molecule has 1 saturated carbocycles. The van der Waals surface area contributed by atoms with Gasteiger partial charge in [0.2, 0.25) is 0 Å². The Morgan fingerprint density at radius 3 is 2.52 bits per heavy atom. The third-order valence-electron chi connectivity index (χ3n) is 5.26. The summed E-state index contributed by atoms with van der Waals surface area (Å²) in [5.74, 6) is 0.402. The first-order chi connectivity index (χ1) is 14.0. The van der Waals surface area contributed by atoms with Gasteiger partial charge in [0.1, 0.15) is 17.5 Å². The number of rotatable bonds is 6. The normalized spacial score (nSPS) is 17.1. The van der Waals surface area contributed by atoms with E-state index in [9.17, 15) is 14.9 Å². The molecule has 0 spiro atoms. The summed E-state index contributed by atoms with van der Waals surface area (Å²) >= 11 is 6.16. The van der Waals surface area contributed by atoms with E-state index in [4.69, 9.17) is 16.3 Å². The lowest BCUT2D eigenvalue weighted by Crippen LogP contribution is -2.38. The van der Waals surface area contributed by atoms with E-state index in [0.717, 1.165) is 25.7 Å². The minimum Gasteiger partial charge on any atom is -0.489 e. The van der Waals surface area contributed by atoms with Gasteiger partial charge in [-0.2, -0.15) is 0 Å². The lowest BCUT2D eigenvalue weighted by molar-refractivity contribution is -0.384. The molecule has 2 aromatic carbocycles. The zero-order chi connectivity index (χ0) is 20.4. The average Bonchev–Trinajstić information content (AvgIpc) is 3.54. The number of carbonyl (C=O) groups is 1. The Bertz CT molecular complexity index is 924. The van der Waals surface area contributed by atoms with Crippen molar-refractivity contribution in [3.05, 3.63) is 63.2 Å². The summed E-state index contributed by atoms with van der Waals surface area (Å²) in [5, 5.41) is 15.1. The molecule has 1 saturated heterocycles. The number of amides is 1. The summed E-state index contributed by atoms with van der Waals surface area (Å²) in [6, 6.07) is 12.3. The molecule has 7 nitrogen and oxygen atoms in total. The first-order valence-corrected chi connectivity index (χ1v) is 10.1. The summed E-state index contributed by atoms with van der Waals surface area (Å²) in [6.45, 7) is 1.26. The molecular weight excluding hydrogens is 394 g/mol. The van der Waals surface area contributed by atoms with Gasteiger partial charge in [0.25, 0.3) is 11.6 Å². The van der Waals surface area contributed by atoms with Crippen LogP contribution in [0.2, 0.25) is 5.02 Å². The zero-order valence-corrected chi connectivity index (χ0v) is 16.6. The van der Waals surface area contributed by atoms with Crippen molar-refractivity contribution in [2.75, 3.05) is 18.0 Å². The lowest BCUT2D eigenvalue weighted by atomic mass is 10.0. The molecule has 2 fully saturated rings. The molecular formula is C21H22ClN3O4. The van der Waals surface area contributed by atoms with Crippen molar-refractivity contribution in [3.63, 3.8) is 0 Å². The second kappa shape index (κ2) is 8.29. The fourth-order valence-corrected chi connectivity index (χ4v) is 3.69. The Kier molecular flexibility index (Phi) is 5.58. The van der Waals surface area contributed by atoms with Crippen LogP contribution in [0.3, 0.4) is 0 Å². The van der Waals surface area contributed by atoms with Gasteiger partial charge in [0, 0.05) is 43.6 Å². The second-order valence-electron chi connectivity index (χ2n) is 7.44.